The minimum atomic E-state index is -0.871. The van der Waals surface area contributed by atoms with E-state index in [9.17, 15) is 14.4 Å². The number of hydrogen-bond acceptors (Lipinski definition) is 4. The van der Waals surface area contributed by atoms with E-state index in [4.69, 9.17) is 11.6 Å². The first-order chi connectivity index (χ1) is 16.8. The summed E-state index contributed by atoms with van der Waals surface area (Å²) in [5, 5.41) is 6.06. The van der Waals surface area contributed by atoms with E-state index in [1.165, 1.54) is 4.57 Å². The van der Waals surface area contributed by atoms with Crippen molar-refractivity contribution in [3.05, 3.63) is 87.7 Å². The quantitative estimate of drug-likeness (QED) is 0.371. The molecule has 1 aromatic heterocycles. The number of carbonyl (C=O) groups excluding carboxylic acids is 2. The number of benzene rings is 3. The largest absolute Gasteiger partial charge is 0.325 e. The Morgan fingerprint density at radius 3 is 2.46 bits per heavy atom. The molecule has 0 fully saturated rings. The minimum Gasteiger partial charge on any atom is -0.325 e. The first kappa shape index (κ1) is 24.2. The van der Waals surface area contributed by atoms with Crippen molar-refractivity contribution in [3.8, 4) is 11.3 Å². The van der Waals surface area contributed by atoms with Gasteiger partial charge in [0.25, 0.3) is 5.56 Å². The molecule has 178 valence electrons. The predicted molar refractivity (Wildman–Crippen MR) is 140 cm³/mol. The normalized spacial score (nSPS) is 11.8. The van der Waals surface area contributed by atoms with Gasteiger partial charge in [0.2, 0.25) is 11.8 Å². The second-order valence-electron chi connectivity index (χ2n) is 8.22. The second kappa shape index (κ2) is 10.1. The van der Waals surface area contributed by atoms with Gasteiger partial charge in [0.15, 0.2) is 0 Å². The van der Waals surface area contributed by atoms with Gasteiger partial charge in [0, 0.05) is 12.0 Å². The first-order valence-corrected chi connectivity index (χ1v) is 11.7. The lowest BCUT2D eigenvalue weighted by Gasteiger charge is -2.20. The molecule has 3 aromatic carbocycles. The van der Waals surface area contributed by atoms with Gasteiger partial charge in [-0.2, -0.15) is 0 Å². The Bertz CT molecular complexity index is 1500. The topological polar surface area (TPSA) is 93.1 Å². The van der Waals surface area contributed by atoms with Gasteiger partial charge in [-0.25, -0.2) is 4.98 Å². The summed E-state index contributed by atoms with van der Waals surface area (Å²) in [4.78, 5) is 43.8. The molecule has 35 heavy (non-hydrogen) atoms. The number of rotatable bonds is 6. The maximum atomic E-state index is 13.8. The van der Waals surface area contributed by atoms with E-state index < -0.39 is 17.5 Å². The Kier molecular flexibility index (Phi) is 6.98. The van der Waals surface area contributed by atoms with Crippen LogP contribution < -0.4 is 16.2 Å². The number of nitrogens with one attached hydrogen (secondary N) is 2. The zero-order chi connectivity index (χ0) is 25.1. The lowest BCUT2D eigenvalue weighted by Crippen LogP contribution is -2.33. The van der Waals surface area contributed by atoms with Crippen molar-refractivity contribution < 1.29 is 9.59 Å². The van der Waals surface area contributed by atoms with Gasteiger partial charge in [-0.05, 0) is 50.2 Å². The molecule has 0 spiro atoms. The Morgan fingerprint density at radius 1 is 1.00 bits per heavy atom. The van der Waals surface area contributed by atoms with E-state index in [1.54, 1.807) is 62.4 Å². The molecule has 2 N–H and O–H groups in total. The summed E-state index contributed by atoms with van der Waals surface area (Å²) >= 11 is 6.21. The van der Waals surface area contributed by atoms with Gasteiger partial charge in [-0.1, -0.05) is 54.4 Å². The summed E-state index contributed by atoms with van der Waals surface area (Å²) in [6.07, 6.45) is 0.294. The van der Waals surface area contributed by atoms with E-state index in [0.29, 0.717) is 39.4 Å². The fourth-order valence-corrected chi connectivity index (χ4v) is 4.02. The Labute approximate surface area is 207 Å². The number of halogens is 1. The van der Waals surface area contributed by atoms with Crippen molar-refractivity contribution >= 4 is 45.8 Å². The highest BCUT2D eigenvalue weighted by molar-refractivity contribution is 6.33. The van der Waals surface area contributed by atoms with Gasteiger partial charge in [0.05, 0.1) is 27.4 Å². The summed E-state index contributed by atoms with van der Waals surface area (Å²) in [5.41, 5.74) is 3.13. The van der Waals surface area contributed by atoms with Crippen molar-refractivity contribution in [2.45, 2.75) is 33.2 Å². The molecule has 0 saturated heterocycles. The van der Waals surface area contributed by atoms with Crippen LogP contribution in [-0.2, 0) is 9.59 Å². The zero-order valence-electron chi connectivity index (χ0n) is 19.6. The average molecular weight is 489 g/mol. The van der Waals surface area contributed by atoms with Gasteiger partial charge in [0.1, 0.15) is 11.7 Å². The molecular weight excluding hydrogens is 464 g/mol. The van der Waals surface area contributed by atoms with Crippen molar-refractivity contribution in [2.24, 2.45) is 0 Å². The average Bonchev–Trinajstić information content (AvgIpc) is 2.85. The van der Waals surface area contributed by atoms with Crippen molar-refractivity contribution in [1.29, 1.82) is 0 Å². The summed E-state index contributed by atoms with van der Waals surface area (Å²) in [5.74, 6) is -0.574. The first-order valence-electron chi connectivity index (χ1n) is 11.3. The molecule has 2 amide bonds. The molecule has 0 aliphatic rings. The summed E-state index contributed by atoms with van der Waals surface area (Å²) in [6.45, 7) is 5.30. The number of nitrogens with zero attached hydrogens (tertiary/aromatic N) is 2. The van der Waals surface area contributed by atoms with Crippen LogP contribution in [0.4, 0.5) is 11.4 Å². The molecule has 0 unspecified atom stereocenters. The van der Waals surface area contributed by atoms with Crippen LogP contribution >= 0.6 is 11.6 Å². The highest BCUT2D eigenvalue weighted by Gasteiger charge is 2.23. The maximum absolute atomic E-state index is 13.8. The fourth-order valence-electron chi connectivity index (χ4n) is 3.83. The monoisotopic (exact) mass is 488 g/mol. The molecule has 7 nitrogen and oxygen atoms in total. The van der Waals surface area contributed by atoms with Gasteiger partial charge in [-0.15, -0.1) is 0 Å². The molecule has 4 aromatic rings. The van der Waals surface area contributed by atoms with Gasteiger partial charge in [-0.3, -0.25) is 19.0 Å². The zero-order valence-corrected chi connectivity index (χ0v) is 20.4. The van der Waals surface area contributed by atoms with Crippen LogP contribution in [0.2, 0.25) is 5.02 Å². The Morgan fingerprint density at radius 2 is 1.71 bits per heavy atom. The molecule has 1 heterocycles. The van der Waals surface area contributed by atoms with E-state index in [1.807, 2.05) is 25.1 Å². The molecule has 0 radical (unpaired) electrons. The SMILES string of the molecule is CCC(=O)Nc1ccc(C)cc1-c1nc2ccccc2n([C@H](C)C(=O)Nc2ccccc2Cl)c1=O. The third-order valence-electron chi connectivity index (χ3n) is 5.72. The summed E-state index contributed by atoms with van der Waals surface area (Å²) < 4.78 is 1.43. The molecule has 0 saturated carbocycles. The Balaban J connectivity index is 1.88. The van der Waals surface area contributed by atoms with E-state index >= 15 is 0 Å². The summed E-state index contributed by atoms with van der Waals surface area (Å²) in [7, 11) is 0. The van der Waals surface area contributed by atoms with Crippen molar-refractivity contribution in [2.75, 3.05) is 10.6 Å². The number of fused-ring (bicyclic) bond motifs is 1. The highest BCUT2D eigenvalue weighted by Crippen LogP contribution is 2.29. The molecule has 8 heteroatoms. The molecule has 0 aliphatic heterocycles. The maximum Gasteiger partial charge on any atom is 0.278 e. The lowest BCUT2D eigenvalue weighted by atomic mass is 10.1. The third kappa shape index (κ3) is 4.95. The number of carbonyl (C=O) groups is 2. The second-order valence-corrected chi connectivity index (χ2v) is 8.63. The van der Waals surface area contributed by atoms with Crippen LogP contribution in [-0.4, -0.2) is 21.4 Å². The van der Waals surface area contributed by atoms with Gasteiger partial charge >= 0.3 is 0 Å². The van der Waals surface area contributed by atoms with E-state index in [0.717, 1.165) is 5.56 Å². The predicted octanol–water partition coefficient (Wildman–Crippen LogP) is 5.57. The molecular formula is C27H25ClN4O3. The lowest BCUT2D eigenvalue weighted by molar-refractivity contribution is -0.119. The molecule has 0 aliphatic carbocycles. The minimum absolute atomic E-state index is 0.149. The fraction of sp³-hybridized carbons (Fsp3) is 0.185. The smallest absolute Gasteiger partial charge is 0.278 e. The number of para-hydroxylation sites is 3. The molecule has 1 atom stereocenters. The van der Waals surface area contributed by atoms with E-state index in [-0.39, 0.29) is 11.6 Å². The number of anilines is 2. The third-order valence-corrected chi connectivity index (χ3v) is 6.05. The summed E-state index contributed by atoms with van der Waals surface area (Å²) in [6, 6.07) is 18.6. The standard InChI is InChI=1S/C27H25ClN4O3/c1-4-24(33)29-20-14-13-16(2)15-18(20)25-27(35)32(23-12-8-7-11-22(23)30-25)17(3)26(34)31-21-10-6-5-9-19(21)28/h5-15,17H,4H2,1-3H3,(H,29,33)(H,31,34)/t17-/m1/s1. The van der Waals surface area contributed by atoms with Crippen LogP contribution in [0, 0.1) is 6.92 Å². The number of aromatic nitrogens is 2. The van der Waals surface area contributed by atoms with Crippen LogP contribution in [0.3, 0.4) is 0 Å². The van der Waals surface area contributed by atoms with Crippen LogP contribution in [0.5, 0.6) is 0 Å². The molecule has 0 bridgehead atoms. The highest BCUT2D eigenvalue weighted by atomic mass is 35.5. The molecule has 4 rings (SSSR count). The van der Waals surface area contributed by atoms with Crippen molar-refractivity contribution in [3.63, 3.8) is 0 Å². The number of aryl methyl sites for hydroxylation is 1. The van der Waals surface area contributed by atoms with Crippen LogP contribution in [0.25, 0.3) is 22.3 Å². The number of hydrogen-bond donors (Lipinski definition) is 2. The van der Waals surface area contributed by atoms with Gasteiger partial charge < -0.3 is 10.6 Å². The van der Waals surface area contributed by atoms with Crippen LogP contribution in [0.15, 0.2) is 71.5 Å². The van der Waals surface area contributed by atoms with Crippen molar-refractivity contribution in [1.82, 2.24) is 9.55 Å². The number of amides is 2. The Hall–Kier alpha value is -3.97. The van der Waals surface area contributed by atoms with E-state index in [2.05, 4.69) is 15.6 Å². The van der Waals surface area contributed by atoms with Crippen LogP contribution in [0.1, 0.15) is 31.9 Å².